The van der Waals surface area contributed by atoms with Gasteiger partial charge >= 0.3 is 0 Å². The van der Waals surface area contributed by atoms with Gasteiger partial charge in [0.15, 0.2) is 0 Å². The van der Waals surface area contributed by atoms with E-state index < -0.39 is 20.0 Å². The SMILES string of the molecule is Cc1cc(Br)ccc1NS(=O)(=O)c1ccc(S(N)(=O)=O)cc1. The van der Waals surface area contributed by atoms with E-state index in [1.807, 2.05) is 0 Å². The zero-order chi connectivity index (χ0) is 16.5. The highest BCUT2D eigenvalue weighted by molar-refractivity contribution is 9.10. The Labute approximate surface area is 137 Å². The van der Waals surface area contributed by atoms with E-state index in [-0.39, 0.29) is 9.79 Å². The van der Waals surface area contributed by atoms with E-state index in [9.17, 15) is 16.8 Å². The van der Waals surface area contributed by atoms with Crippen LogP contribution in [-0.4, -0.2) is 16.8 Å². The Balaban J connectivity index is 2.34. The second-order valence-corrected chi connectivity index (χ2v) is 8.74. The lowest BCUT2D eigenvalue weighted by molar-refractivity contribution is 0.595. The molecule has 0 heterocycles. The Morgan fingerprint density at radius 2 is 1.50 bits per heavy atom. The zero-order valence-electron chi connectivity index (χ0n) is 11.4. The van der Waals surface area contributed by atoms with Crippen molar-refractivity contribution in [2.45, 2.75) is 16.7 Å². The highest BCUT2D eigenvalue weighted by Crippen LogP contribution is 2.23. The van der Waals surface area contributed by atoms with Crippen LogP contribution in [0.2, 0.25) is 0 Å². The molecule has 0 aromatic heterocycles. The lowest BCUT2D eigenvalue weighted by Gasteiger charge is -2.11. The lowest BCUT2D eigenvalue weighted by Crippen LogP contribution is -2.15. The number of aryl methyl sites for hydroxylation is 1. The number of nitrogens with one attached hydrogen (secondary N) is 1. The van der Waals surface area contributed by atoms with Gasteiger partial charge < -0.3 is 0 Å². The summed E-state index contributed by atoms with van der Waals surface area (Å²) in [7, 11) is -7.67. The summed E-state index contributed by atoms with van der Waals surface area (Å²) in [5.41, 5.74) is 1.19. The van der Waals surface area contributed by atoms with Gasteiger partial charge in [-0.2, -0.15) is 0 Å². The number of hydrogen-bond donors (Lipinski definition) is 2. The molecule has 2 aromatic rings. The molecule has 9 heteroatoms. The van der Waals surface area contributed by atoms with Gasteiger partial charge in [-0.1, -0.05) is 15.9 Å². The molecule has 0 spiro atoms. The minimum atomic E-state index is -3.86. The van der Waals surface area contributed by atoms with Crippen LogP contribution in [0.1, 0.15) is 5.56 Å². The van der Waals surface area contributed by atoms with E-state index >= 15 is 0 Å². The molecule has 118 valence electrons. The topological polar surface area (TPSA) is 106 Å². The van der Waals surface area contributed by atoms with Gasteiger partial charge in [-0.05, 0) is 55.0 Å². The van der Waals surface area contributed by atoms with Crippen LogP contribution in [0.15, 0.2) is 56.7 Å². The molecule has 0 aliphatic rings. The number of halogens is 1. The van der Waals surface area contributed by atoms with Gasteiger partial charge in [-0.15, -0.1) is 0 Å². The quantitative estimate of drug-likeness (QED) is 0.813. The molecular weight excluding hydrogens is 392 g/mol. The van der Waals surface area contributed by atoms with Gasteiger partial charge in [0.25, 0.3) is 10.0 Å². The largest absolute Gasteiger partial charge is 0.279 e. The Bertz CT molecular complexity index is 908. The monoisotopic (exact) mass is 404 g/mol. The van der Waals surface area contributed by atoms with E-state index in [4.69, 9.17) is 5.14 Å². The number of hydrogen-bond acceptors (Lipinski definition) is 4. The third-order valence-corrected chi connectivity index (χ3v) is 5.70. The molecule has 2 aromatic carbocycles. The predicted octanol–water partition coefficient (Wildman–Crippen LogP) is 2.21. The van der Waals surface area contributed by atoms with Gasteiger partial charge in [0.2, 0.25) is 10.0 Å². The van der Waals surface area contributed by atoms with Crippen molar-refractivity contribution in [2.24, 2.45) is 5.14 Å². The van der Waals surface area contributed by atoms with Crippen molar-refractivity contribution in [3.8, 4) is 0 Å². The van der Waals surface area contributed by atoms with Crippen LogP contribution in [0.5, 0.6) is 0 Å². The molecule has 0 radical (unpaired) electrons. The van der Waals surface area contributed by atoms with Crippen molar-refractivity contribution < 1.29 is 16.8 Å². The molecule has 0 fully saturated rings. The normalized spacial score (nSPS) is 12.1. The summed E-state index contributed by atoms with van der Waals surface area (Å²) in [6.45, 7) is 1.77. The Morgan fingerprint density at radius 1 is 0.955 bits per heavy atom. The standard InChI is InChI=1S/C13H13BrN2O4S2/c1-9-8-10(14)2-7-13(9)16-22(19,20)12-5-3-11(4-6-12)21(15,17)18/h2-8,16H,1H3,(H2,15,17,18). The summed E-state index contributed by atoms with van der Waals surface area (Å²) in [6.07, 6.45) is 0. The smallest absolute Gasteiger partial charge is 0.261 e. The summed E-state index contributed by atoms with van der Waals surface area (Å²) >= 11 is 3.30. The molecule has 0 bridgehead atoms. The zero-order valence-corrected chi connectivity index (χ0v) is 14.7. The average Bonchev–Trinajstić information content (AvgIpc) is 2.41. The molecule has 3 N–H and O–H groups in total. The van der Waals surface area contributed by atoms with E-state index in [1.54, 1.807) is 25.1 Å². The first-order valence-electron chi connectivity index (χ1n) is 6.01. The molecule has 0 aliphatic heterocycles. The molecule has 0 unspecified atom stereocenters. The highest BCUT2D eigenvalue weighted by Gasteiger charge is 2.16. The fourth-order valence-corrected chi connectivity index (χ4v) is 3.88. The van der Waals surface area contributed by atoms with Crippen LogP contribution in [0.25, 0.3) is 0 Å². The molecule has 0 saturated carbocycles. The molecule has 0 aliphatic carbocycles. The van der Waals surface area contributed by atoms with Gasteiger partial charge in [0.05, 0.1) is 15.5 Å². The van der Waals surface area contributed by atoms with Crippen molar-refractivity contribution in [3.05, 3.63) is 52.5 Å². The maximum atomic E-state index is 12.3. The van der Waals surface area contributed by atoms with Crippen LogP contribution in [0.4, 0.5) is 5.69 Å². The fraction of sp³-hybridized carbons (Fsp3) is 0.0769. The number of sulfonamides is 2. The van der Waals surface area contributed by atoms with Crippen molar-refractivity contribution in [1.82, 2.24) is 0 Å². The van der Waals surface area contributed by atoms with Crippen LogP contribution >= 0.6 is 15.9 Å². The van der Waals surface area contributed by atoms with Crippen LogP contribution in [0, 0.1) is 6.92 Å². The number of primary sulfonamides is 1. The lowest BCUT2D eigenvalue weighted by atomic mass is 10.2. The van der Waals surface area contributed by atoms with Crippen molar-refractivity contribution in [2.75, 3.05) is 4.72 Å². The van der Waals surface area contributed by atoms with E-state index in [0.717, 1.165) is 22.2 Å². The van der Waals surface area contributed by atoms with Gasteiger partial charge in [-0.25, -0.2) is 22.0 Å². The summed E-state index contributed by atoms with van der Waals surface area (Å²) in [4.78, 5) is -0.200. The molecule has 0 saturated heterocycles. The minimum absolute atomic E-state index is 0.0535. The van der Waals surface area contributed by atoms with E-state index in [0.29, 0.717) is 5.69 Å². The number of anilines is 1. The summed E-state index contributed by atoms with van der Waals surface area (Å²) in [6, 6.07) is 9.82. The van der Waals surface area contributed by atoms with Gasteiger partial charge in [0, 0.05) is 4.47 Å². The first-order valence-corrected chi connectivity index (χ1v) is 9.84. The first-order chi connectivity index (χ1) is 10.1. The first kappa shape index (κ1) is 16.9. The number of benzene rings is 2. The van der Waals surface area contributed by atoms with Crippen molar-refractivity contribution >= 4 is 41.7 Å². The minimum Gasteiger partial charge on any atom is -0.279 e. The summed E-state index contributed by atoms with van der Waals surface area (Å²) < 4.78 is 50.2. The third kappa shape index (κ3) is 3.86. The highest BCUT2D eigenvalue weighted by atomic mass is 79.9. The van der Waals surface area contributed by atoms with E-state index in [1.165, 1.54) is 12.1 Å². The summed E-state index contributed by atoms with van der Waals surface area (Å²) in [5, 5.41) is 4.98. The second kappa shape index (κ2) is 5.99. The molecule has 0 amide bonds. The number of rotatable bonds is 4. The maximum Gasteiger partial charge on any atom is 0.261 e. The Morgan fingerprint density at radius 3 is 2.00 bits per heavy atom. The Hall–Kier alpha value is -1.42. The van der Waals surface area contributed by atoms with E-state index in [2.05, 4.69) is 20.7 Å². The van der Waals surface area contributed by atoms with Gasteiger partial charge in [-0.3, -0.25) is 4.72 Å². The molecule has 6 nitrogen and oxygen atoms in total. The third-order valence-electron chi connectivity index (χ3n) is 2.90. The van der Waals surface area contributed by atoms with Crippen LogP contribution in [-0.2, 0) is 20.0 Å². The average molecular weight is 405 g/mol. The van der Waals surface area contributed by atoms with Crippen LogP contribution in [0.3, 0.4) is 0 Å². The van der Waals surface area contributed by atoms with Crippen LogP contribution < -0.4 is 9.86 Å². The fourth-order valence-electron chi connectivity index (χ4n) is 1.75. The molecule has 0 atom stereocenters. The molecule has 22 heavy (non-hydrogen) atoms. The second-order valence-electron chi connectivity index (χ2n) is 4.58. The molecule has 2 rings (SSSR count). The molecular formula is C13H13BrN2O4S2. The predicted molar refractivity (Wildman–Crippen MR) is 87.5 cm³/mol. The number of nitrogens with two attached hydrogens (primary N) is 1. The summed E-state index contributed by atoms with van der Waals surface area (Å²) in [5.74, 6) is 0. The van der Waals surface area contributed by atoms with Crippen molar-refractivity contribution in [1.29, 1.82) is 0 Å². The maximum absolute atomic E-state index is 12.3. The van der Waals surface area contributed by atoms with Crippen molar-refractivity contribution in [3.63, 3.8) is 0 Å². The van der Waals surface area contributed by atoms with Gasteiger partial charge in [0.1, 0.15) is 0 Å². The Kier molecular flexibility index (Phi) is 4.62.